The monoisotopic (exact) mass is 304 g/mol. The zero-order valence-corrected chi connectivity index (χ0v) is 12.1. The molecular weight excluding hydrogens is 288 g/mol. The van der Waals surface area contributed by atoms with Crippen molar-refractivity contribution in [3.8, 4) is 11.5 Å². The van der Waals surface area contributed by atoms with Crippen LogP contribution in [0.15, 0.2) is 36.4 Å². The molecule has 0 radical (unpaired) electrons. The van der Waals surface area contributed by atoms with E-state index in [4.69, 9.17) is 0 Å². The van der Waals surface area contributed by atoms with E-state index in [1.54, 1.807) is 18.2 Å². The first-order valence-corrected chi connectivity index (χ1v) is 6.38. The smallest absolute Gasteiger partial charge is 0.271 e. The molecule has 0 saturated heterocycles. The molecule has 0 heterocycles. The molecule has 0 aliphatic rings. The Morgan fingerprint density at radius 2 is 1.68 bits per heavy atom. The van der Waals surface area contributed by atoms with Crippen LogP contribution >= 0.6 is 0 Å². The van der Waals surface area contributed by atoms with Gasteiger partial charge in [-0.05, 0) is 18.2 Å². The number of hydrazine groups is 1. The minimum Gasteiger partial charge on any atom is -0.506 e. The number of hydrogen-bond donors (Lipinski definition) is 4. The second-order valence-electron chi connectivity index (χ2n) is 4.80. The highest BCUT2D eigenvalue weighted by Crippen LogP contribution is 2.31. The molecule has 0 aromatic heterocycles. The molecule has 8 heteroatoms. The molecule has 0 fully saturated rings. The number of hydrogen-bond acceptors (Lipinski definition) is 7. The van der Waals surface area contributed by atoms with E-state index in [0.717, 1.165) is 5.69 Å². The molecule has 2 aromatic rings. The van der Waals surface area contributed by atoms with Gasteiger partial charge in [0, 0.05) is 38.0 Å². The summed E-state index contributed by atoms with van der Waals surface area (Å²) in [5.41, 5.74) is 6.50. The Kier molecular flexibility index (Phi) is 4.21. The first-order valence-electron chi connectivity index (χ1n) is 6.38. The Hall–Kier alpha value is -3.16. The van der Waals surface area contributed by atoms with Crippen LogP contribution in [0.1, 0.15) is 0 Å². The van der Waals surface area contributed by atoms with Crippen LogP contribution < -0.4 is 15.8 Å². The first-order chi connectivity index (χ1) is 10.4. The maximum Gasteiger partial charge on any atom is 0.271 e. The summed E-state index contributed by atoms with van der Waals surface area (Å²) in [4.78, 5) is 12.0. The minimum atomic E-state index is -0.562. The molecule has 2 rings (SSSR count). The van der Waals surface area contributed by atoms with Crippen molar-refractivity contribution < 1.29 is 15.1 Å². The summed E-state index contributed by atoms with van der Waals surface area (Å²) in [6.45, 7) is 0. The van der Waals surface area contributed by atoms with Gasteiger partial charge in [-0.25, -0.2) is 0 Å². The van der Waals surface area contributed by atoms with Crippen molar-refractivity contribution in [3.05, 3.63) is 46.5 Å². The minimum absolute atomic E-state index is 0.00335. The zero-order chi connectivity index (χ0) is 16.3. The van der Waals surface area contributed by atoms with E-state index in [9.17, 15) is 20.3 Å². The number of phenolic OH excluding ortho intramolecular Hbond substituents is 2. The molecule has 22 heavy (non-hydrogen) atoms. The van der Waals surface area contributed by atoms with Crippen LogP contribution in [-0.2, 0) is 0 Å². The number of rotatable bonds is 5. The maximum absolute atomic E-state index is 10.7. The normalized spacial score (nSPS) is 10.1. The van der Waals surface area contributed by atoms with Gasteiger partial charge in [0.1, 0.15) is 17.2 Å². The highest BCUT2D eigenvalue weighted by atomic mass is 16.6. The lowest BCUT2D eigenvalue weighted by atomic mass is 10.2. The lowest BCUT2D eigenvalue weighted by molar-refractivity contribution is -0.384. The molecule has 0 saturated carbocycles. The van der Waals surface area contributed by atoms with Gasteiger partial charge in [0.15, 0.2) is 0 Å². The van der Waals surface area contributed by atoms with E-state index in [-0.39, 0.29) is 22.9 Å². The number of aromatic hydroxyl groups is 2. The Bertz CT molecular complexity index is 703. The molecule has 0 bridgehead atoms. The maximum atomic E-state index is 10.7. The van der Waals surface area contributed by atoms with E-state index in [2.05, 4.69) is 10.9 Å². The number of phenols is 2. The Labute approximate surface area is 126 Å². The van der Waals surface area contributed by atoms with E-state index in [1.807, 2.05) is 19.0 Å². The average molecular weight is 304 g/mol. The van der Waals surface area contributed by atoms with Gasteiger partial charge in [0.2, 0.25) is 0 Å². The third kappa shape index (κ3) is 3.29. The molecule has 0 aliphatic heterocycles. The van der Waals surface area contributed by atoms with Crippen LogP contribution in [0.5, 0.6) is 11.5 Å². The summed E-state index contributed by atoms with van der Waals surface area (Å²) in [7, 11) is 3.70. The Morgan fingerprint density at radius 1 is 1.00 bits per heavy atom. The molecule has 0 amide bonds. The summed E-state index contributed by atoms with van der Waals surface area (Å²) < 4.78 is 0. The third-order valence-electron chi connectivity index (χ3n) is 3.02. The fourth-order valence-electron chi connectivity index (χ4n) is 1.78. The van der Waals surface area contributed by atoms with Crippen LogP contribution in [0.3, 0.4) is 0 Å². The van der Waals surface area contributed by atoms with Crippen molar-refractivity contribution in [1.82, 2.24) is 0 Å². The summed E-state index contributed by atoms with van der Waals surface area (Å²) in [5.74, 6) is -0.147. The number of nitro groups is 1. The summed E-state index contributed by atoms with van der Waals surface area (Å²) in [5, 5.41) is 30.3. The van der Waals surface area contributed by atoms with Gasteiger partial charge in [0.25, 0.3) is 5.69 Å². The van der Waals surface area contributed by atoms with Crippen molar-refractivity contribution in [3.63, 3.8) is 0 Å². The van der Waals surface area contributed by atoms with Crippen LogP contribution in [0.2, 0.25) is 0 Å². The van der Waals surface area contributed by atoms with Crippen LogP contribution in [0.4, 0.5) is 22.7 Å². The number of nitrogens with one attached hydrogen (secondary N) is 2. The SMILES string of the molecule is CN(C)c1ccc(NNc2cc([N+](=O)[O-])ccc2O)c(O)c1. The van der Waals surface area contributed by atoms with E-state index >= 15 is 0 Å². The van der Waals surface area contributed by atoms with Crippen molar-refractivity contribution in [2.75, 3.05) is 29.8 Å². The summed E-state index contributed by atoms with van der Waals surface area (Å²) in [6.07, 6.45) is 0. The molecule has 0 aliphatic carbocycles. The van der Waals surface area contributed by atoms with Crippen molar-refractivity contribution in [2.24, 2.45) is 0 Å². The standard InChI is InChI=1S/C14H16N4O4/c1-17(2)9-3-5-11(14(20)8-9)15-16-12-7-10(18(21)22)4-6-13(12)19/h3-8,15-16,19-20H,1-2H3. The predicted molar refractivity (Wildman–Crippen MR) is 84.4 cm³/mol. The van der Waals surface area contributed by atoms with Crippen LogP contribution in [0, 0.1) is 10.1 Å². The molecule has 0 spiro atoms. The topological polar surface area (TPSA) is 111 Å². The van der Waals surface area contributed by atoms with Crippen molar-refractivity contribution >= 4 is 22.7 Å². The number of non-ortho nitro benzene ring substituents is 1. The molecule has 0 unspecified atom stereocenters. The van der Waals surface area contributed by atoms with Gasteiger partial charge >= 0.3 is 0 Å². The predicted octanol–water partition coefficient (Wildman–Crippen LogP) is 2.51. The van der Waals surface area contributed by atoms with Crippen molar-refractivity contribution in [1.29, 1.82) is 0 Å². The lowest BCUT2D eigenvalue weighted by Gasteiger charge is -2.16. The van der Waals surface area contributed by atoms with Gasteiger partial charge < -0.3 is 15.1 Å². The van der Waals surface area contributed by atoms with Crippen molar-refractivity contribution in [2.45, 2.75) is 0 Å². The van der Waals surface area contributed by atoms with Crippen LogP contribution in [-0.4, -0.2) is 29.2 Å². The number of nitro benzene ring substituents is 1. The largest absolute Gasteiger partial charge is 0.506 e. The lowest BCUT2D eigenvalue weighted by Crippen LogP contribution is -2.11. The second-order valence-corrected chi connectivity index (χ2v) is 4.80. The highest BCUT2D eigenvalue weighted by molar-refractivity contribution is 5.68. The Balaban J connectivity index is 2.16. The van der Waals surface area contributed by atoms with Gasteiger partial charge in [0.05, 0.1) is 10.6 Å². The molecule has 2 aromatic carbocycles. The third-order valence-corrected chi connectivity index (χ3v) is 3.02. The summed E-state index contributed by atoms with van der Waals surface area (Å²) >= 11 is 0. The second kappa shape index (κ2) is 6.08. The van der Waals surface area contributed by atoms with Gasteiger partial charge in [-0.15, -0.1) is 0 Å². The van der Waals surface area contributed by atoms with Gasteiger partial charge in [-0.2, -0.15) is 0 Å². The first kappa shape index (κ1) is 15.2. The number of anilines is 3. The van der Waals surface area contributed by atoms with Gasteiger partial charge in [-0.3, -0.25) is 21.0 Å². The highest BCUT2D eigenvalue weighted by Gasteiger charge is 2.11. The van der Waals surface area contributed by atoms with Crippen LogP contribution in [0.25, 0.3) is 0 Å². The molecular formula is C14H16N4O4. The summed E-state index contributed by atoms with van der Waals surface area (Å²) in [6, 6.07) is 8.61. The molecule has 4 N–H and O–H groups in total. The number of benzene rings is 2. The van der Waals surface area contributed by atoms with Gasteiger partial charge in [-0.1, -0.05) is 0 Å². The average Bonchev–Trinajstić information content (AvgIpc) is 2.47. The molecule has 116 valence electrons. The Morgan fingerprint density at radius 3 is 2.27 bits per heavy atom. The van der Waals surface area contributed by atoms with E-state index < -0.39 is 4.92 Å². The quantitative estimate of drug-likeness (QED) is 0.381. The number of nitrogens with zero attached hydrogens (tertiary/aromatic N) is 2. The zero-order valence-electron chi connectivity index (χ0n) is 12.1. The fraction of sp³-hybridized carbons (Fsp3) is 0.143. The van der Waals surface area contributed by atoms with E-state index in [1.165, 1.54) is 18.2 Å². The molecule has 0 atom stereocenters. The molecule has 8 nitrogen and oxygen atoms in total. The van der Waals surface area contributed by atoms with E-state index in [0.29, 0.717) is 5.69 Å². The fourth-order valence-corrected chi connectivity index (χ4v) is 1.78.